The van der Waals surface area contributed by atoms with Gasteiger partial charge in [-0.05, 0) is 57.9 Å². The van der Waals surface area contributed by atoms with Crippen LogP contribution in [0.5, 0.6) is 0 Å². The smallest absolute Gasteiger partial charge is 0.303 e. The number of aldehydes is 1. The molecule has 0 saturated carbocycles. The highest BCUT2D eigenvalue weighted by molar-refractivity contribution is 5.99. The fourth-order valence-corrected chi connectivity index (χ4v) is 7.27. The molecule has 73 heavy (non-hydrogen) atoms. The molecule has 0 bridgehead atoms. The minimum Gasteiger partial charge on any atom is -0.481 e. The second kappa shape index (κ2) is 31.7. The molecular formula is C43H69N15O15. The lowest BCUT2D eigenvalue weighted by Gasteiger charge is -2.32. The molecule has 0 unspecified atom stereocenters. The number of aromatic nitrogens is 2. The normalized spacial score (nSPS) is 15.9. The van der Waals surface area contributed by atoms with Crippen LogP contribution in [0.15, 0.2) is 12.5 Å². The number of unbranched alkanes of at least 4 members (excludes halogenated alkanes) is 1. The third kappa shape index (κ3) is 21.7. The number of H-pyrrole nitrogens is 1. The first-order chi connectivity index (χ1) is 34.5. The molecule has 11 amide bonds. The van der Waals surface area contributed by atoms with E-state index in [4.69, 9.17) is 17.2 Å². The van der Waals surface area contributed by atoms with E-state index in [1.54, 1.807) is 13.8 Å². The van der Waals surface area contributed by atoms with Gasteiger partial charge in [0.25, 0.3) is 0 Å². The van der Waals surface area contributed by atoms with Crippen molar-refractivity contribution in [3.8, 4) is 0 Å². The van der Waals surface area contributed by atoms with Crippen molar-refractivity contribution in [1.82, 2.24) is 62.7 Å². The Morgan fingerprint density at radius 1 is 0.753 bits per heavy atom. The molecule has 30 heteroatoms. The minimum absolute atomic E-state index is 0.0459. The standard InChI is InChI=1S/C43H69N15O15/c1-22(2)35(57-40(70)28(16-30(46)61)55-42(72)36(23(3)60)56-31(62)17-45)43(73)58-13-6-8-29(58)41(71)53-25(7-4-5-11-44)37(67)50-19-32(63)49-20-33(64)52-26(9-10-34(65)66)39(69)54-27(38(68)48-12-14-59)15-24-18-47-21-51-24/h14,18,21-23,25-29,35-36,60H,4-13,15-17,19-20,44-45H2,1-3H3,(H2,46,61)(H,47,51)(H,48,68)(H,49,63)(H,50,67)(H,52,64)(H,53,71)(H,54,69)(H,55,72)(H,56,62)(H,57,70)(H,65,66)/t23-,25+,26+,27+,28+,29+,35+,36+/m1/s1. The van der Waals surface area contributed by atoms with Crippen LogP contribution in [0.2, 0.25) is 0 Å². The number of aromatic amines is 1. The number of aliphatic hydroxyl groups excluding tert-OH is 1. The van der Waals surface area contributed by atoms with Crippen molar-refractivity contribution >= 4 is 77.2 Å². The average molecular weight is 1040 g/mol. The van der Waals surface area contributed by atoms with Crippen LogP contribution in [0.25, 0.3) is 0 Å². The van der Waals surface area contributed by atoms with E-state index in [9.17, 15) is 72.5 Å². The number of hydrogen-bond acceptors (Lipinski definition) is 17. The van der Waals surface area contributed by atoms with Crippen molar-refractivity contribution in [1.29, 1.82) is 0 Å². The molecule has 2 rings (SSSR count). The molecule has 406 valence electrons. The van der Waals surface area contributed by atoms with E-state index in [1.807, 2.05) is 0 Å². The molecule has 0 radical (unpaired) electrons. The van der Waals surface area contributed by atoms with Crippen LogP contribution in [-0.2, 0) is 68.7 Å². The van der Waals surface area contributed by atoms with E-state index in [0.717, 1.165) is 0 Å². The molecule has 0 aromatic carbocycles. The summed E-state index contributed by atoms with van der Waals surface area (Å²) in [6, 6.07) is -9.75. The van der Waals surface area contributed by atoms with Gasteiger partial charge in [0, 0.05) is 31.3 Å². The molecule has 30 nitrogen and oxygen atoms in total. The molecule has 1 aliphatic heterocycles. The Morgan fingerprint density at radius 3 is 1.99 bits per heavy atom. The summed E-state index contributed by atoms with van der Waals surface area (Å²) in [6.45, 7) is 2.33. The SMILES string of the molecule is CC(C)[C@H](NC(=O)[C@H](CC(N)=O)NC(=O)[C@@H](NC(=O)CN)[C@@H](C)O)C(=O)N1CCC[C@H]1C(=O)N[C@@H](CCCCN)C(=O)NCC(=O)NCC(=O)N[C@@H](CCC(=O)O)C(=O)N[C@@H](Cc1cnc[nH]1)C(=O)NCC=O. The maximum absolute atomic E-state index is 14.1. The highest BCUT2D eigenvalue weighted by Gasteiger charge is 2.41. The lowest BCUT2D eigenvalue weighted by atomic mass is 10.0. The molecule has 1 aromatic heterocycles. The Morgan fingerprint density at radius 2 is 1.40 bits per heavy atom. The van der Waals surface area contributed by atoms with Gasteiger partial charge in [-0.25, -0.2) is 4.98 Å². The van der Waals surface area contributed by atoms with Gasteiger partial charge < -0.3 is 89.9 Å². The number of aliphatic carboxylic acids is 1. The lowest BCUT2D eigenvalue weighted by molar-refractivity contribution is -0.143. The molecule has 1 aromatic rings. The van der Waals surface area contributed by atoms with Crippen LogP contribution in [0.1, 0.15) is 77.8 Å². The van der Waals surface area contributed by atoms with E-state index in [2.05, 4.69) is 57.8 Å². The van der Waals surface area contributed by atoms with Gasteiger partial charge in [-0.15, -0.1) is 0 Å². The Labute approximate surface area is 419 Å². The Kier molecular flexibility index (Phi) is 26.7. The third-order valence-electron chi connectivity index (χ3n) is 11.1. The average Bonchev–Trinajstić information content (AvgIpc) is 4.06. The first kappa shape index (κ1) is 61.5. The van der Waals surface area contributed by atoms with E-state index < -0.39 is 164 Å². The summed E-state index contributed by atoms with van der Waals surface area (Å²) < 4.78 is 0. The van der Waals surface area contributed by atoms with Crippen molar-refractivity contribution in [2.45, 2.75) is 127 Å². The summed E-state index contributed by atoms with van der Waals surface area (Å²) in [4.78, 5) is 174. The number of carbonyl (C=O) groups is 13. The molecule has 18 N–H and O–H groups in total. The number of nitrogens with one attached hydrogen (secondary N) is 10. The lowest BCUT2D eigenvalue weighted by Crippen LogP contribution is -2.61. The number of likely N-dealkylation sites (tertiary alicyclic amines) is 1. The van der Waals surface area contributed by atoms with Crippen molar-refractivity contribution in [3.05, 3.63) is 18.2 Å². The van der Waals surface area contributed by atoms with Gasteiger partial charge in [0.1, 0.15) is 48.6 Å². The topological polar surface area (TPSA) is 481 Å². The van der Waals surface area contributed by atoms with Gasteiger partial charge in [0.2, 0.25) is 65.0 Å². The number of hydrogen-bond donors (Lipinski definition) is 15. The van der Waals surface area contributed by atoms with Gasteiger partial charge in [-0.1, -0.05) is 13.8 Å². The number of carbonyl (C=O) groups excluding carboxylic acids is 12. The summed E-state index contributed by atoms with van der Waals surface area (Å²) in [5, 5.41) is 40.7. The monoisotopic (exact) mass is 1040 g/mol. The second-order valence-corrected chi connectivity index (χ2v) is 17.3. The third-order valence-corrected chi connectivity index (χ3v) is 11.1. The van der Waals surface area contributed by atoms with Gasteiger partial charge in [0.15, 0.2) is 0 Å². The zero-order valence-corrected chi connectivity index (χ0v) is 40.9. The Bertz CT molecular complexity index is 2110. The summed E-state index contributed by atoms with van der Waals surface area (Å²) in [5.74, 6) is -11.7. The van der Waals surface area contributed by atoms with Crippen molar-refractivity contribution in [2.24, 2.45) is 23.1 Å². The van der Waals surface area contributed by atoms with Crippen LogP contribution in [-0.4, -0.2) is 190 Å². The number of nitrogens with zero attached hydrogens (tertiary/aromatic N) is 2. The number of rotatable bonds is 33. The minimum atomic E-state index is -1.67. The number of carboxylic acids is 1. The van der Waals surface area contributed by atoms with Crippen molar-refractivity contribution < 1.29 is 72.5 Å². The molecule has 0 spiro atoms. The Hall–Kier alpha value is -7.60. The van der Waals surface area contributed by atoms with Crippen LogP contribution in [0.3, 0.4) is 0 Å². The predicted octanol–water partition coefficient (Wildman–Crippen LogP) is -7.74. The second-order valence-electron chi connectivity index (χ2n) is 17.3. The number of aliphatic hydroxyl groups is 1. The van der Waals surface area contributed by atoms with E-state index in [1.165, 1.54) is 24.3 Å². The zero-order chi connectivity index (χ0) is 54.8. The molecule has 8 atom stereocenters. The maximum Gasteiger partial charge on any atom is 0.303 e. The largest absolute Gasteiger partial charge is 0.481 e. The molecule has 1 fully saturated rings. The highest BCUT2D eigenvalue weighted by atomic mass is 16.4. The van der Waals surface area contributed by atoms with Crippen molar-refractivity contribution in [2.75, 3.05) is 39.3 Å². The number of imidazole rings is 1. The van der Waals surface area contributed by atoms with Gasteiger partial charge in [-0.2, -0.15) is 0 Å². The van der Waals surface area contributed by atoms with Crippen LogP contribution in [0, 0.1) is 5.92 Å². The summed E-state index contributed by atoms with van der Waals surface area (Å²) in [6.07, 6.45) is 1.15. The van der Waals surface area contributed by atoms with Gasteiger partial charge >= 0.3 is 5.97 Å². The predicted molar refractivity (Wildman–Crippen MR) is 253 cm³/mol. The quantitative estimate of drug-likeness (QED) is 0.0230. The van der Waals surface area contributed by atoms with E-state index in [-0.39, 0.29) is 38.9 Å². The molecule has 2 heterocycles. The van der Waals surface area contributed by atoms with Crippen molar-refractivity contribution in [3.63, 3.8) is 0 Å². The van der Waals surface area contributed by atoms with E-state index >= 15 is 0 Å². The first-order valence-electron chi connectivity index (χ1n) is 23.4. The van der Waals surface area contributed by atoms with Crippen LogP contribution in [0.4, 0.5) is 0 Å². The van der Waals surface area contributed by atoms with Crippen LogP contribution < -0.4 is 65.1 Å². The van der Waals surface area contributed by atoms with Gasteiger partial charge in [-0.3, -0.25) is 57.5 Å². The zero-order valence-electron chi connectivity index (χ0n) is 40.9. The molecule has 1 aliphatic rings. The summed E-state index contributed by atoms with van der Waals surface area (Å²) >= 11 is 0. The fraction of sp³-hybridized carbons (Fsp3) is 0.628. The molecule has 1 saturated heterocycles. The summed E-state index contributed by atoms with van der Waals surface area (Å²) in [7, 11) is 0. The molecule has 0 aliphatic carbocycles. The van der Waals surface area contributed by atoms with Crippen LogP contribution >= 0.6 is 0 Å². The summed E-state index contributed by atoms with van der Waals surface area (Å²) in [5.41, 5.74) is 16.7. The number of nitrogens with two attached hydrogens (primary N) is 3. The fourth-order valence-electron chi connectivity index (χ4n) is 7.27. The maximum atomic E-state index is 14.1. The van der Waals surface area contributed by atoms with E-state index in [0.29, 0.717) is 31.2 Å². The number of primary amides is 1. The Balaban J connectivity index is 2.13. The number of amides is 11. The first-order valence-corrected chi connectivity index (χ1v) is 23.4. The molecular weight excluding hydrogens is 967 g/mol. The van der Waals surface area contributed by atoms with Gasteiger partial charge in [0.05, 0.1) is 45.0 Å². The highest BCUT2D eigenvalue weighted by Crippen LogP contribution is 2.21. The number of carboxylic acid groups (broad SMARTS) is 1.